The van der Waals surface area contributed by atoms with Gasteiger partial charge in [0.1, 0.15) is 6.42 Å². The normalized spacial score (nSPS) is 17.2. The fourth-order valence-corrected chi connectivity index (χ4v) is 1.57. The maximum Gasteiger partial charge on any atom is 1.00 e. The van der Waals surface area contributed by atoms with E-state index in [9.17, 15) is 27.4 Å². The molecule has 1 heterocycles. The summed E-state index contributed by atoms with van der Waals surface area (Å²) in [4.78, 5) is 34.9. The van der Waals surface area contributed by atoms with E-state index in [1.165, 1.54) is 7.05 Å². The molecular weight excluding hydrogens is 263 g/mol. The van der Waals surface area contributed by atoms with E-state index in [4.69, 9.17) is 0 Å². The van der Waals surface area contributed by atoms with Gasteiger partial charge in [-0.15, -0.1) is 0 Å². The molecule has 8 nitrogen and oxygen atoms in total. The van der Waals surface area contributed by atoms with Gasteiger partial charge in [-0.1, -0.05) is 0 Å². The molecule has 1 rings (SSSR count). The van der Waals surface area contributed by atoms with E-state index in [1.807, 2.05) is 0 Å². The number of hydrogen-bond acceptors (Lipinski definition) is 6. The van der Waals surface area contributed by atoms with Crippen LogP contribution < -0.4 is 29.6 Å². The minimum absolute atomic E-state index is 0. The molecule has 0 saturated carbocycles. The SMILES string of the molecule is CN1C(=O)CC(=O)N(CCS(=O)(=O)[O-])C1=O.[Na+]. The van der Waals surface area contributed by atoms with Gasteiger partial charge in [0, 0.05) is 13.6 Å². The second-order valence-corrected chi connectivity index (χ2v) is 4.74. The predicted molar refractivity (Wildman–Crippen MR) is 49.1 cm³/mol. The van der Waals surface area contributed by atoms with Gasteiger partial charge in [-0.2, -0.15) is 0 Å². The van der Waals surface area contributed by atoms with Gasteiger partial charge in [0.2, 0.25) is 11.8 Å². The third-order valence-electron chi connectivity index (χ3n) is 2.06. The Balaban J connectivity index is 0.00000256. The molecule has 0 aromatic carbocycles. The molecule has 1 saturated heterocycles. The van der Waals surface area contributed by atoms with Gasteiger partial charge in [0.15, 0.2) is 0 Å². The number of hydrogen-bond donors (Lipinski definition) is 0. The first-order valence-electron chi connectivity index (χ1n) is 4.27. The third-order valence-corrected chi connectivity index (χ3v) is 2.74. The van der Waals surface area contributed by atoms with Crippen LogP contribution in [0.3, 0.4) is 0 Å². The largest absolute Gasteiger partial charge is 1.00 e. The molecule has 0 aromatic heterocycles. The van der Waals surface area contributed by atoms with Crippen LogP contribution in [0.4, 0.5) is 4.79 Å². The Hall–Kier alpha value is -0.480. The molecule has 0 atom stereocenters. The number of barbiturate groups is 1. The maximum absolute atomic E-state index is 11.4. The van der Waals surface area contributed by atoms with Crippen molar-refractivity contribution >= 4 is 28.0 Å². The third kappa shape index (κ3) is 4.36. The first-order valence-corrected chi connectivity index (χ1v) is 5.84. The van der Waals surface area contributed by atoms with Crippen molar-refractivity contribution in [1.29, 1.82) is 0 Å². The number of urea groups is 1. The summed E-state index contributed by atoms with van der Waals surface area (Å²) in [5, 5.41) is 0. The van der Waals surface area contributed by atoms with Crippen molar-refractivity contribution < 1.29 is 56.9 Å². The number of nitrogens with zero attached hydrogens (tertiary/aromatic N) is 2. The van der Waals surface area contributed by atoms with Crippen LogP contribution in [-0.4, -0.2) is 60.0 Å². The Labute approximate surface area is 120 Å². The average Bonchev–Trinajstić information content (AvgIpc) is 2.12. The summed E-state index contributed by atoms with van der Waals surface area (Å²) >= 11 is 0. The molecule has 1 aliphatic rings. The van der Waals surface area contributed by atoms with E-state index in [0.29, 0.717) is 9.80 Å². The number of amides is 4. The molecule has 10 heteroatoms. The van der Waals surface area contributed by atoms with Crippen LogP contribution in [0.5, 0.6) is 0 Å². The number of imide groups is 2. The van der Waals surface area contributed by atoms with Gasteiger partial charge in [-0.25, -0.2) is 13.2 Å². The summed E-state index contributed by atoms with van der Waals surface area (Å²) in [6.45, 7) is -0.527. The molecule has 1 aliphatic heterocycles. The average molecular weight is 272 g/mol. The van der Waals surface area contributed by atoms with Crippen LogP contribution in [-0.2, 0) is 19.7 Å². The molecular formula is C7H9N2NaO6S. The summed E-state index contributed by atoms with van der Waals surface area (Å²) in [6.07, 6.45) is -0.499. The maximum atomic E-state index is 11.4. The first-order chi connectivity index (χ1) is 7.22. The summed E-state index contributed by atoms with van der Waals surface area (Å²) < 4.78 is 31.0. The molecule has 4 amide bonds. The van der Waals surface area contributed by atoms with Crippen LogP contribution in [0.2, 0.25) is 0 Å². The minimum Gasteiger partial charge on any atom is -0.748 e. The van der Waals surface area contributed by atoms with Gasteiger partial charge in [-0.05, 0) is 0 Å². The Morgan fingerprint density at radius 1 is 1.24 bits per heavy atom. The number of rotatable bonds is 3. The van der Waals surface area contributed by atoms with E-state index in [1.54, 1.807) is 0 Å². The quantitative estimate of drug-likeness (QED) is 0.290. The number of carbonyl (C=O) groups is 3. The summed E-state index contributed by atoms with van der Waals surface area (Å²) in [5.41, 5.74) is 0. The molecule has 0 radical (unpaired) electrons. The zero-order valence-electron chi connectivity index (χ0n) is 9.37. The Kier molecular flexibility index (Phi) is 5.75. The Morgan fingerprint density at radius 3 is 2.24 bits per heavy atom. The van der Waals surface area contributed by atoms with Crippen molar-refractivity contribution in [2.75, 3.05) is 19.3 Å². The molecule has 1 fully saturated rings. The van der Waals surface area contributed by atoms with Gasteiger partial charge in [0.05, 0.1) is 15.9 Å². The fraction of sp³-hybridized carbons (Fsp3) is 0.571. The molecule has 0 aromatic rings. The standard InChI is InChI=1S/C7H10N2O6S.Na/c1-8-5(10)4-6(11)9(7(8)12)2-3-16(13,14)15;/h2-4H2,1H3,(H,13,14,15);/q;+1/p-1. The smallest absolute Gasteiger partial charge is 0.748 e. The molecule has 0 unspecified atom stereocenters. The van der Waals surface area contributed by atoms with Crippen molar-refractivity contribution in [2.24, 2.45) is 0 Å². The summed E-state index contributed by atoms with van der Waals surface area (Å²) in [6, 6.07) is -0.912. The number of carbonyl (C=O) groups excluding carboxylic acids is 3. The second-order valence-electron chi connectivity index (χ2n) is 3.22. The van der Waals surface area contributed by atoms with E-state index < -0.39 is 46.7 Å². The van der Waals surface area contributed by atoms with E-state index >= 15 is 0 Å². The van der Waals surface area contributed by atoms with Crippen LogP contribution in [0.15, 0.2) is 0 Å². The Bertz CT molecular complexity index is 447. The van der Waals surface area contributed by atoms with Gasteiger partial charge in [0.25, 0.3) is 0 Å². The molecule has 0 N–H and O–H groups in total. The molecule has 90 valence electrons. The second kappa shape index (κ2) is 5.91. The fourth-order valence-electron chi connectivity index (χ4n) is 1.16. The summed E-state index contributed by atoms with van der Waals surface area (Å²) in [7, 11) is -3.32. The van der Waals surface area contributed by atoms with Crippen LogP contribution >= 0.6 is 0 Å². The van der Waals surface area contributed by atoms with Crippen molar-refractivity contribution in [3.05, 3.63) is 0 Å². The van der Waals surface area contributed by atoms with Crippen molar-refractivity contribution in [1.82, 2.24) is 9.80 Å². The topological polar surface area (TPSA) is 115 Å². The monoisotopic (exact) mass is 272 g/mol. The zero-order chi connectivity index (χ0) is 12.5. The van der Waals surface area contributed by atoms with Crippen molar-refractivity contribution in [3.63, 3.8) is 0 Å². The Morgan fingerprint density at radius 2 is 1.76 bits per heavy atom. The minimum atomic E-state index is -4.50. The van der Waals surface area contributed by atoms with Crippen LogP contribution in [0.1, 0.15) is 6.42 Å². The first kappa shape index (κ1) is 16.5. The van der Waals surface area contributed by atoms with Crippen molar-refractivity contribution in [2.45, 2.75) is 6.42 Å². The van der Waals surface area contributed by atoms with Gasteiger partial charge in [-0.3, -0.25) is 19.4 Å². The molecule has 0 bridgehead atoms. The predicted octanol–water partition coefficient (Wildman–Crippen LogP) is -4.65. The molecule has 17 heavy (non-hydrogen) atoms. The van der Waals surface area contributed by atoms with E-state index in [0.717, 1.165) is 0 Å². The summed E-state index contributed by atoms with van der Waals surface area (Å²) in [5.74, 6) is -2.31. The zero-order valence-corrected chi connectivity index (χ0v) is 12.2. The van der Waals surface area contributed by atoms with Gasteiger partial charge < -0.3 is 4.55 Å². The van der Waals surface area contributed by atoms with Crippen LogP contribution in [0.25, 0.3) is 0 Å². The van der Waals surface area contributed by atoms with Crippen molar-refractivity contribution in [3.8, 4) is 0 Å². The van der Waals surface area contributed by atoms with E-state index in [2.05, 4.69) is 0 Å². The molecule has 0 aliphatic carbocycles. The van der Waals surface area contributed by atoms with E-state index in [-0.39, 0.29) is 29.6 Å². The van der Waals surface area contributed by atoms with Gasteiger partial charge >= 0.3 is 35.6 Å². The molecule has 0 spiro atoms. The van der Waals surface area contributed by atoms with Crippen LogP contribution in [0, 0.1) is 0 Å².